The number of hydrogen-bond acceptors (Lipinski definition) is 7. The Hall–Kier alpha value is -1.88. The van der Waals surface area contributed by atoms with E-state index in [9.17, 15) is 159 Å². The van der Waals surface area contributed by atoms with Crippen molar-refractivity contribution in [2.75, 3.05) is 62.7 Å². The highest BCUT2D eigenvalue weighted by molar-refractivity contribution is 7.99. The highest BCUT2D eigenvalue weighted by Gasteiger charge is 2.97. The lowest BCUT2D eigenvalue weighted by atomic mass is 9.88. The van der Waals surface area contributed by atoms with Crippen LogP contribution in [-0.2, 0) is 14.2 Å². The van der Waals surface area contributed by atoms with Gasteiger partial charge in [0.2, 0.25) is 0 Å². The van der Waals surface area contributed by atoms with Crippen LogP contribution in [0.15, 0.2) is 0 Å². The summed E-state index contributed by atoms with van der Waals surface area (Å²) in [6, 6.07) is 0. The van der Waals surface area contributed by atoms with E-state index in [-0.39, 0.29) is 23.5 Å². The SMILES string of the molecule is OC(COCCOCCOCC(O)CSCCC(F)(F)C(F)(F)C(F)(F)C(F)(F)C(F)(F)C(F)(F)C(F)(F)C(F)(F)F)CSCCC(F)(F)C(F)(F)C(F)(F)C(F)(F)C(F)(F)C(F)(F)C(F)(F)C(F)(F)F. The van der Waals surface area contributed by atoms with Crippen LogP contribution in [0.25, 0.3) is 0 Å². The second-order valence-corrected chi connectivity index (χ2v) is 16.3. The second-order valence-electron chi connectivity index (χ2n) is 14.0. The van der Waals surface area contributed by atoms with Gasteiger partial charge < -0.3 is 24.4 Å². The van der Waals surface area contributed by atoms with Crippen molar-refractivity contribution in [1.82, 2.24) is 0 Å². The quantitative estimate of drug-likeness (QED) is 0.0514. The van der Waals surface area contributed by atoms with Gasteiger partial charge in [-0.3, -0.25) is 0 Å². The first-order valence-corrected chi connectivity index (χ1v) is 20.0. The molecule has 0 aliphatic carbocycles. The van der Waals surface area contributed by atoms with Gasteiger partial charge in [0.25, 0.3) is 0 Å². The first kappa shape index (κ1) is 69.1. The van der Waals surface area contributed by atoms with Gasteiger partial charge in [0.15, 0.2) is 0 Å². The third-order valence-electron chi connectivity index (χ3n) is 8.68. The summed E-state index contributed by atoms with van der Waals surface area (Å²) in [5.41, 5.74) is 0. The van der Waals surface area contributed by atoms with E-state index in [1.165, 1.54) is 0 Å². The fourth-order valence-electron chi connectivity index (χ4n) is 4.42. The summed E-state index contributed by atoms with van der Waals surface area (Å²) in [4.78, 5) is 0. The fraction of sp³-hybridized carbons (Fsp3) is 1.00. The summed E-state index contributed by atoms with van der Waals surface area (Å²) in [5.74, 6) is -120. The van der Waals surface area contributed by atoms with E-state index in [0.717, 1.165) is 0 Å². The fourth-order valence-corrected chi connectivity index (χ4v) is 6.29. The molecular formula is C30H28F34O5S2. The van der Waals surface area contributed by atoms with E-state index < -0.39 is 183 Å². The Labute approximate surface area is 380 Å². The van der Waals surface area contributed by atoms with E-state index in [1.807, 2.05) is 0 Å². The molecule has 71 heavy (non-hydrogen) atoms. The minimum absolute atomic E-state index is 0.113. The Bertz CT molecular complexity index is 1550. The molecular weight excluding hydrogens is 1150 g/mol. The molecule has 0 aliphatic rings. The Morgan fingerprint density at radius 2 is 0.479 bits per heavy atom. The van der Waals surface area contributed by atoms with E-state index in [4.69, 9.17) is 14.2 Å². The van der Waals surface area contributed by atoms with Crippen molar-refractivity contribution < 1.29 is 174 Å². The molecule has 0 aromatic heterocycles. The molecule has 2 N–H and O–H groups in total. The van der Waals surface area contributed by atoms with Gasteiger partial charge in [0, 0.05) is 24.3 Å². The van der Waals surface area contributed by atoms with Crippen LogP contribution < -0.4 is 0 Å². The molecule has 0 aliphatic heterocycles. The van der Waals surface area contributed by atoms with Crippen molar-refractivity contribution in [1.29, 1.82) is 0 Å². The molecule has 0 radical (unpaired) electrons. The van der Waals surface area contributed by atoms with Crippen molar-refractivity contribution in [3.63, 3.8) is 0 Å². The molecule has 0 aromatic carbocycles. The lowest BCUT2D eigenvalue weighted by Gasteiger charge is -2.42. The van der Waals surface area contributed by atoms with Crippen LogP contribution in [0, 0.1) is 0 Å². The van der Waals surface area contributed by atoms with Gasteiger partial charge in [0.05, 0.1) is 51.8 Å². The average molecular weight is 1180 g/mol. The molecule has 2 unspecified atom stereocenters. The van der Waals surface area contributed by atoms with Gasteiger partial charge in [-0.2, -0.15) is 173 Å². The van der Waals surface area contributed by atoms with E-state index >= 15 is 0 Å². The molecule has 0 bridgehead atoms. The van der Waals surface area contributed by atoms with Crippen LogP contribution in [0.1, 0.15) is 12.8 Å². The van der Waals surface area contributed by atoms with Crippen molar-refractivity contribution >= 4 is 23.5 Å². The molecule has 0 aromatic rings. The Balaban J connectivity index is 4.90. The highest BCUT2D eigenvalue weighted by Crippen LogP contribution is 2.66. The van der Waals surface area contributed by atoms with Crippen LogP contribution in [0.5, 0.6) is 0 Å². The average Bonchev–Trinajstić information content (AvgIpc) is 3.18. The van der Waals surface area contributed by atoms with Crippen molar-refractivity contribution in [2.45, 2.75) is 120 Å². The number of aliphatic hydroxyl groups excluding tert-OH is 2. The van der Waals surface area contributed by atoms with Gasteiger partial charge in [-0.15, -0.1) is 0 Å². The van der Waals surface area contributed by atoms with Crippen LogP contribution in [0.3, 0.4) is 0 Å². The summed E-state index contributed by atoms with van der Waals surface area (Å²) in [6.45, 7) is -3.57. The number of rotatable bonds is 32. The molecule has 0 amide bonds. The minimum atomic E-state index is -8.79. The summed E-state index contributed by atoms with van der Waals surface area (Å²) < 4.78 is 468. The Kier molecular flexibility index (Phi) is 21.8. The largest absolute Gasteiger partial charge is 0.460 e. The van der Waals surface area contributed by atoms with Gasteiger partial charge in [-0.05, 0) is 11.5 Å². The predicted octanol–water partition coefficient (Wildman–Crippen LogP) is 12.0. The van der Waals surface area contributed by atoms with E-state index in [0.29, 0.717) is 0 Å². The molecule has 428 valence electrons. The van der Waals surface area contributed by atoms with Gasteiger partial charge in [0.1, 0.15) is 0 Å². The number of aliphatic hydroxyl groups is 2. The van der Waals surface area contributed by atoms with Crippen molar-refractivity contribution in [3.05, 3.63) is 0 Å². The maximum absolute atomic E-state index is 14.0. The maximum Gasteiger partial charge on any atom is 0.460 e. The number of hydrogen-bond donors (Lipinski definition) is 2. The lowest BCUT2D eigenvalue weighted by molar-refractivity contribution is -0.461. The summed E-state index contributed by atoms with van der Waals surface area (Å²) in [7, 11) is 0. The molecule has 2 atom stereocenters. The lowest BCUT2D eigenvalue weighted by Crippen LogP contribution is -2.74. The summed E-state index contributed by atoms with van der Waals surface area (Å²) >= 11 is -0.226. The zero-order valence-corrected chi connectivity index (χ0v) is 35.1. The van der Waals surface area contributed by atoms with Gasteiger partial charge in [-0.1, -0.05) is 0 Å². The van der Waals surface area contributed by atoms with Crippen LogP contribution in [-0.4, -0.2) is 180 Å². The first-order valence-electron chi connectivity index (χ1n) is 17.7. The third kappa shape index (κ3) is 12.9. The number of thioether (sulfide) groups is 2. The van der Waals surface area contributed by atoms with E-state index in [1.54, 1.807) is 0 Å². The predicted molar refractivity (Wildman–Crippen MR) is 170 cm³/mol. The molecule has 0 saturated carbocycles. The zero-order valence-electron chi connectivity index (χ0n) is 33.4. The number of ether oxygens (including phenoxy) is 3. The van der Waals surface area contributed by atoms with Gasteiger partial charge >= 0.3 is 95.3 Å². The smallest absolute Gasteiger partial charge is 0.390 e. The topological polar surface area (TPSA) is 68.2 Å². The standard InChI is InChI=1S/C30H28F34O5S2/c31-15(32,17(35,36)19(39,40)21(43,44)23(47,48)25(51,52)27(55,56)29(59,60)61)1-7-70-11-13(65)9-68-5-3-67-4-6-69-10-14(66)12-71-8-2-16(33,34)18(37,38)20(41,42)22(45,46)24(49,50)26(53,54)28(57,58)30(62,63)64/h13-14,65-66H,1-12H2. The van der Waals surface area contributed by atoms with E-state index in [2.05, 4.69) is 0 Å². The summed E-state index contributed by atoms with van der Waals surface area (Å²) in [6.07, 6.45) is -24.9. The van der Waals surface area contributed by atoms with Crippen molar-refractivity contribution in [2.24, 2.45) is 0 Å². The highest BCUT2D eigenvalue weighted by atomic mass is 32.2. The molecule has 0 heterocycles. The van der Waals surface area contributed by atoms with Crippen molar-refractivity contribution in [3.8, 4) is 0 Å². The molecule has 0 fully saturated rings. The van der Waals surface area contributed by atoms with Crippen LogP contribution in [0.2, 0.25) is 0 Å². The Morgan fingerprint density at radius 1 is 0.282 bits per heavy atom. The molecule has 5 nitrogen and oxygen atoms in total. The number of halogens is 34. The second kappa shape index (κ2) is 22.4. The molecule has 41 heteroatoms. The molecule has 0 spiro atoms. The normalized spacial score (nSPS) is 16.7. The third-order valence-corrected chi connectivity index (χ3v) is 10.9. The van der Waals surface area contributed by atoms with Crippen LogP contribution in [0.4, 0.5) is 149 Å². The molecule has 0 saturated heterocycles. The van der Waals surface area contributed by atoms with Gasteiger partial charge in [-0.25, -0.2) is 0 Å². The molecule has 0 rings (SSSR count). The first-order chi connectivity index (χ1) is 31.0. The monoisotopic (exact) mass is 1180 g/mol. The van der Waals surface area contributed by atoms with Crippen LogP contribution >= 0.6 is 23.5 Å². The number of alkyl halides is 34. The Morgan fingerprint density at radius 3 is 0.704 bits per heavy atom. The summed E-state index contributed by atoms with van der Waals surface area (Å²) in [5, 5.41) is 19.4. The minimum Gasteiger partial charge on any atom is -0.390 e. The zero-order chi connectivity index (χ0) is 57.2. The maximum atomic E-state index is 14.0.